The predicted octanol–water partition coefficient (Wildman–Crippen LogP) is 0.380. The Balaban J connectivity index is 3.02. The minimum Gasteiger partial charge on any atom is -0.366 e. The van der Waals surface area contributed by atoms with Crippen LogP contribution in [-0.4, -0.2) is 17.9 Å². The first-order valence-electron chi connectivity index (χ1n) is 4.89. The molecule has 0 bridgehead atoms. The summed E-state index contributed by atoms with van der Waals surface area (Å²) in [6, 6.07) is 4.36. The third kappa shape index (κ3) is 2.58. The van der Waals surface area contributed by atoms with Crippen LogP contribution in [0, 0.1) is 6.92 Å². The quantitative estimate of drug-likeness (QED) is 0.688. The number of hydrogen-bond donors (Lipinski definition) is 3. The van der Waals surface area contributed by atoms with Gasteiger partial charge in [0.2, 0.25) is 11.8 Å². The number of hydrogen-bond acceptors (Lipinski definition) is 3. The van der Waals surface area contributed by atoms with Crippen molar-refractivity contribution < 1.29 is 9.59 Å². The Morgan fingerprint density at radius 1 is 1.38 bits per heavy atom. The van der Waals surface area contributed by atoms with Crippen LogP contribution in [0.4, 0.5) is 5.69 Å². The fourth-order valence-corrected chi connectivity index (χ4v) is 1.28. The van der Waals surface area contributed by atoms with Crippen LogP contribution in [-0.2, 0) is 4.79 Å². The molecule has 1 aromatic carbocycles. The van der Waals surface area contributed by atoms with E-state index in [4.69, 9.17) is 11.5 Å². The second-order valence-electron chi connectivity index (χ2n) is 3.62. The van der Waals surface area contributed by atoms with Gasteiger partial charge in [-0.1, -0.05) is 6.07 Å². The molecule has 0 aliphatic rings. The number of nitrogens with two attached hydrogens (primary N) is 2. The van der Waals surface area contributed by atoms with E-state index in [0.29, 0.717) is 16.8 Å². The Hall–Kier alpha value is -1.88. The first-order valence-corrected chi connectivity index (χ1v) is 4.89. The van der Waals surface area contributed by atoms with Crippen molar-refractivity contribution in [2.45, 2.75) is 19.9 Å². The lowest BCUT2D eigenvalue weighted by atomic mass is 10.1. The maximum Gasteiger partial charge on any atom is 0.249 e. The van der Waals surface area contributed by atoms with Gasteiger partial charge in [-0.2, -0.15) is 0 Å². The second kappa shape index (κ2) is 4.76. The van der Waals surface area contributed by atoms with Gasteiger partial charge < -0.3 is 16.8 Å². The van der Waals surface area contributed by atoms with Crippen LogP contribution in [0.1, 0.15) is 22.8 Å². The highest BCUT2D eigenvalue weighted by molar-refractivity contribution is 5.99. The van der Waals surface area contributed by atoms with Crippen LogP contribution in [0.15, 0.2) is 18.2 Å². The molecule has 0 fully saturated rings. The largest absolute Gasteiger partial charge is 0.366 e. The van der Waals surface area contributed by atoms with Gasteiger partial charge in [0.15, 0.2) is 0 Å². The van der Waals surface area contributed by atoms with E-state index >= 15 is 0 Å². The normalized spacial score (nSPS) is 11.9. The predicted molar refractivity (Wildman–Crippen MR) is 62.0 cm³/mol. The van der Waals surface area contributed by atoms with Gasteiger partial charge in [-0.25, -0.2) is 0 Å². The van der Waals surface area contributed by atoms with E-state index in [9.17, 15) is 9.59 Å². The number of anilines is 1. The highest BCUT2D eigenvalue weighted by atomic mass is 16.2. The van der Waals surface area contributed by atoms with Crippen LogP contribution in [0.25, 0.3) is 0 Å². The number of benzene rings is 1. The minimum atomic E-state index is -0.600. The summed E-state index contributed by atoms with van der Waals surface area (Å²) in [4.78, 5) is 22.5. The smallest absolute Gasteiger partial charge is 0.249 e. The standard InChI is InChI=1S/C11H15N3O2/c1-6-8(10(13)15)4-3-5-9(6)14-11(16)7(2)12/h3-5,7H,12H2,1-2H3,(H2,13,15)(H,14,16)/t7-/m0/s1. The molecule has 16 heavy (non-hydrogen) atoms. The van der Waals surface area contributed by atoms with E-state index in [-0.39, 0.29) is 5.91 Å². The second-order valence-corrected chi connectivity index (χ2v) is 3.62. The number of nitrogens with one attached hydrogen (secondary N) is 1. The molecule has 0 unspecified atom stereocenters. The van der Waals surface area contributed by atoms with Crippen molar-refractivity contribution in [1.29, 1.82) is 0 Å². The molecule has 0 aliphatic carbocycles. The van der Waals surface area contributed by atoms with Gasteiger partial charge in [-0.05, 0) is 31.5 Å². The molecule has 0 saturated carbocycles. The zero-order chi connectivity index (χ0) is 12.3. The monoisotopic (exact) mass is 221 g/mol. The lowest BCUT2D eigenvalue weighted by Gasteiger charge is -2.12. The van der Waals surface area contributed by atoms with E-state index in [1.165, 1.54) is 0 Å². The summed E-state index contributed by atoms with van der Waals surface area (Å²) in [5.74, 6) is -0.820. The first-order chi connectivity index (χ1) is 7.43. The molecule has 1 aromatic rings. The van der Waals surface area contributed by atoms with Crippen molar-refractivity contribution in [3.63, 3.8) is 0 Å². The maximum absolute atomic E-state index is 11.4. The maximum atomic E-state index is 11.4. The summed E-state index contributed by atoms with van der Waals surface area (Å²) >= 11 is 0. The van der Waals surface area contributed by atoms with Gasteiger partial charge in [0.25, 0.3) is 0 Å². The van der Waals surface area contributed by atoms with Crippen LogP contribution in [0.2, 0.25) is 0 Å². The van der Waals surface area contributed by atoms with Crippen molar-refractivity contribution in [2.75, 3.05) is 5.32 Å². The molecular weight excluding hydrogens is 206 g/mol. The van der Waals surface area contributed by atoms with Gasteiger partial charge in [0.1, 0.15) is 0 Å². The summed E-state index contributed by atoms with van der Waals surface area (Å²) in [5.41, 5.74) is 12.2. The molecule has 0 radical (unpaired) electrons. The third-order valence-electron chi connectivity index (χ3n) is 2.27. The molecule has 0 aromatic heterocycles. The fourth-order valence-electron chi connectivity index (χ4n) is 1.28. The van der Waals surface area contributed by atoms with E-state index in [2.05, 4.69) is 5.32 Å². The Morgan fingerprint density at radius 3 is 2.50 bits per heavy atom. The highest BCUT2D eigenvalue weighted by Crippen LogP contribution is 2.18. The van der Waals surface area contributed by atoms with E-state index in [0.717, 1.165) is 0 Å². The van der Waals surface area contributed by atoms with Crippen LogP contribution in [0.3, 0.4) is 0 Å². The van der Waals surface area contributed by atoms with Crippen molar-refractivity contribution in [2.24, 2.45) is 11.5 Å². The lowest BCUT2D eigenvalue weighted by Crippen LogP contribution is -2.32. The summed E-state index contributed by atoms with van der Waals surface area (Å²) in [5, 5.41) is 2.63. The molecule has 2 amide bonds. The molecule has 0 aliphatic heterocycles. The van der Waals surface area contributed by atoms with Gasteiger partial charge in [-0.15, -0.1) is 0 Å². The van der Waals surface area contributed by atoms with Crippen molar-refractivity contribution >= 4 is 17.5 Å². The van der Waals surface area contributed by atoms with Crippen molar-refractivity contribution in [3.8, 4) is 0 Å². The van der Waals surface area contributed by atoms with Crippen LogP contribution < -0.4 is 16.8 Å². The van der Waals surface area contributed by atoms with Crippen molar-refractivity contribution in [3.05, 3.63) is 29.3 Å². The molecule has 0 saturated heterocycles. The number of carbonyl (C=O) groups excluding carboxylic acids is 2. The molecule has 5 nitrogen and oxygen atoms in total. The van der Waals surface area contributed by atoms with E-state index in [1.807, 2.05) is 0 Å². The molecule has 0 heterocycles. The minimum absolute atomic E-state index is 0.301. The SMILES string of the molecule is Cc1c(NC(=O)[C@H](C)N)cccc1C(N)=O. The summed E-state index contributed by atoms with van der Waals surface area (Å²) in [6.45, 7) is 3.31. The third-order valence-corrected chi connectivity index (χ3v) is 2.27. The molecule has 5 heteroatoms. The lowest BCUT2D eigenvalue weighted by molar-refractivity contribution is -0.117. The zero-order valence-corrected chi connectivity index (χ0v) is 9.28. The number of rotatable bonds is 3. The first kappa shape index (κ1) is 12.2. The summed E-state index contributed by atoms with van der Waals surface area (Å²) in [6.07, 6.45) is 0. The Bertz CT molecular complexity index is 427. The summed E-state index contributed by atoms with van der Waals surface area (Å²) < 4.78 is 0. The molecular formula is C11H15N3O2. The number of amides is 2. The van der Waals surface area contributed by atoms with Gasteiger partial charge in [-0.3, -0.25) is 9.59 Å². The molecule has 1 atom stereocenters. The average molecular weight is 221 g/mol. The molecule has 5 N–H and O–H groups in total. The Kier molecular flexibility index (Phi) is 3.63. The van der Waals surface area contributed by atoms with Crippen LogP contribution in [0.5, 0.6) is 0 Å². The Labute approximate surface area is 93.8 Å². The highest BCUT2D eigenvalue weighted by Gasteiger charge is 2.12. The average Bonchev–Trinajstić information content (AvgIpc) is 2.20. The number of primary amides is 1. The van der Waals surface area contributed by atoms with Crippen molar-refractivity contribution in [1.82, 2.24) is 0 Å². The zero-order valence-electron chi connectivity index (χ0n) is 9.28. The molecule has 1 rings (SSSR count). The van der Waals surface area contributed by atoms with Crippen LogP contribution >= 0.6 is 0 Å². The van der Waals surface area contributed by atoms with E-state index in [1.54, 1.807) is 32.0 Å². The summed E-state index contributed by atoms with van der Waals surface area (Å²) in [7, 11) is 0. The Morgan fingerprint density at radius 2 is 2.00 bits per heavy atom. The van der Waals surface area contributed by atoms with E-state index < -0.39 is 11.9 Å². The molecule has 0 spiro atoms. The van der Waals surface area contributed by atoms with Gasteiger partial charge >= 0.3 is 0 Å². The molecule has 86 valence electrons. The van der Waals surface area contributed by atoms with Gasteiger partial charge in [0, 0.05) is 11.3 Å². The topological polar surface area (TPSA) is 98.2 Å². The van der Waals surface area contributed by atoms with Gasteiger partial charge in [0.05, 0.1) is 6.04 Å². The fraction of sp³-hybridized carbons (Fsp3) is 0.273. The number of carbonyl (C=O) groups is 2.